The summed E-state index contributed by atoms with van der Waals surface area (Å²) in [6, 6.07) is 12.3. The van der Waals surface area contributed by atoms with Gasteiger partial charge in [-0.2, -0.15) is 0 Å². The average molecular weight is 358 g/mol. The molecule has 0 atom stereocenters. The van der Waals surface area contributed by atoms with Crippen LogP contribution in [0, 0.1) is 0 Å². The van der Waals surface area contributed by atoms with Crippen LogP contribution in [0.1, 0.15) is 10.4 Å². The number of carbonyl (C=O) groups is 1. The number of amides is 1. The molecule has 0 bridgehead atoms. The van der Waals surface area contributed by atoms with Crippen LogP contribution in [-0.2, 0) is 7.05 Å². The molecule has 22 heavy (non-hydrogen) atoms. The first-order valence-corrected chi connectivity index (χ1v) is 7.37. The van der Waals surface area contributed by atoms with Gasteiger partial charge in [0.2, 0.25) is 0 Å². The van der Waals surface area contributed by atoms with E-state index >= 15 is 0 Å². The molecule has 1 aromatic carbocycles. The number of hydrogen-bond acceptors (Lipinski definition) is 3. The second kappa shape index (κ2) is 5.73. The maximum atomic E-state index is 12.4. The summed E-state index contributed by atoms with van der Waals surface area (Å²) < 4.78 is 2.23. The fraction of sp³-hybridized carbons (Fsp3) is 0.0625. The Labute approximate surface area is 134 Å². The molecular formula is C16H12BrN3O2. The van der Waals surface area contributed by atoms with E-state index in [0.717, 1.165) is 9.86 Å². The van der Waals surface area contributed by atoms with Crippen LogP contribution in [0.3, 0.4) is 0 Å². The molecule has 5 nitrogen and oxygen atoms in total. The van der Waals surface area contributed by atoms with Crippen molar-refractivity contribution in [2.45, 2.75) is 0 Å². The summed E-state index contributed by atoms with van der Waals surface area (Å²) in [5.41, 5.74) is 0.876. The van der Waals surface area contributed by atoms with Gasteiger partial charge in [-0.3, -0.25) is 14.2 Å². The molecule has 0 aliphatic carbocycles. The lowest BCUT2D eigenvalue weighted by Gasteiger charge is -2.09. The van der Waals surface area contributed by atoms with Gasteiger partial charge in [0.15, 0.2) is 0 Å². The first-order valence-electron chi connectivity index (χ1n) is 6.58. The molecule has 3 aromatic rings. The van der Waals surface area contributed by atoms with Crippen molar-refractivity contribution in [1.29, 1.82) is 0 Å². The summed E-state index contributed by atoms with van der Waals surface area (Å²) in [5.74, 6) is -0.440. The van der Waals surface area contributed by atoms with Crippen molar-refractivity contribution in [1.82, 2.24) is 9.55 Å². The van der Waals surface area contributed by atoms with Gasteiger partial charge in [0, 0.05) is 28.8 Å². The first kappa shape index (κ1) is 14.5. The summed E-state index contributed by atoms with van der Waals surface area (Å²) in [5, 5.41) is 3.47. The zero-order chi connectivity index (χ0) is 15.7. The van der Waals surface area contributed by atoms with Crippen molar-refractivity contribution < 1.29 is 4.79 Å². The lowest BCUT2D eigenvalue weighted by molar-refractivity contribution is 0.102. The monoisotopic (exact) mass is 357 g/mol. The maximum Gasteiger partial charge on any atom is 0.264 e. The molecule has 2 aromatic heterocycles. The Morgan fingerprint density at radius 3 is 2.82 bits per heavy atom. The topological polar surface area (TPSA) is 64.0 Å². The Morgan fingerprint density at radius 2 is 2.05 bits per heavy atom. The zero-order valence-electron chi connectivity index (χ0n) is 11.7. The van der Waals surface area contributed by atoms with E-state index in [0.29, 0.717) is 11.3 Å². The fourth-order valence-electron chi connectivity index (χ4n) is 2.22. The van der Waals surface area contributed by atoms with Gasteiger partial charge in [-0.15, -0.1) is 0 Å². The number of aromatic nitrogens is 2. The number of benzene rings is 1. The van der Waals surface area contributed by atoms with E-state index in [1.165, 1.54) is 4.57 Å². The van der Waals surface area contributed by atoms with E-state index in [9.17, 15) is 9.59 Å². The molecule has 0 saturated heterocycles. The summed E-state index contributed by atoms with van der Waals surface area (Å²) in [4.78, 5) is 28.9. The third-order valence-electron chi connectivity index (χ3n) is 3.30. The highest BCUT2D eigenvalue weighted by Gasteiger charge is 2.14. The van der Waals surface area contributed by atoms with Crippen molar-refractivity contribution in [2.75, 3.05) is 5.32 Å². The van der Waals surface area contributed by atoms with Crippen LogP contribution in [0.25, 0.3) is 11.0 Å². The van der Waals surface area contributed by atoms with Gasteiger partial charge in [-0.1, -0.05) is 22.0 Å². The number of pyridine rings is 2. The minimum Gasteiger partial charge on any atom is -0.322 e. The third kappa shape index (κ3) is 2.65. The minimum absolute atomic E-state index is 0.0861. The third-order valence-corrected chi connectivity index (χ3v) is 3.79. The van der Waals surface area contributed by atoms with Crippen LogP contribution >= 0.6 is 15.9 Å². The molecule has 0 fully saturated rings. The number of fused-ring (bicyclic) bond motifs is 1. The lowest BCUT2D eigenvalue weighted by atomic mass is 10.2. The largest absolute Gasteiger partial charge is 0.322 e. The van der Waals surface area contributed by atoms with Gasteiger partial charge >= 0.3 is 0 Å². The van der Waals surface area contributed by atoms with Crippen molar-refractivity contribution in [3.63, 3.8) is 0 Å². The second-order valence-corrected chi connectivity index (χ2v) is 5.72. The molecule has 0 aliphatic heterocycles. The Bertz CT molecular complexity index is 934. The maximum absolute atomic E-state index is 12.4. The number of halogens is 1. The Hall–Kier alpha value is -2.47. The Kier molecular flexibility index (Phi) is 3.77. The Morgan fingerprint density at radius 1 is 1.23 bits per heavy atom. The van der Waals surface area contributed by atoms with Gasteiger partial charge in [0.25, 0.3) is 11.5 Å². The van der Waals surface area contributed by atoms with E-state index in [4.69, 9.17) is 0 Å². The number of rotatable bonds is 2. The second-order valence-electron chi connectivity index (χ2n) is 4.80. The van der Waals surface area contributed by atoms with Gasteiger partial charge < -0.3 is 5.32 Å². The quantitative estimate of drug-likeness (QED) is 0.766. The van der Waals surface area contributed by atoms with Crippen molar-refractivity contribution >= 4 is 38.6 Å². The highest BCUT2D eigenvalue weighted by Crippen LogP contribution is 2.17. The smallest absolute Gasteiger partial charge is 0.264 e. The number of anilines is 1. The summed E-state index contributed by atoms with van der Waals surface area (Å²) in [7, 11) is 1.60. The molecule has 1 N–H and O–H groups in total. The van der Waals surface area contributed by atoms with E-state index in [-0.39, 0.29) is 11.1 Å². The van der Waals surface area contributed by atoms with Crippen LogP contribution in [0.15, 0.2) is 57.9 Å². The van der Waals surface area contributed by atoms with Gasteiger partial charge in [-0.05, 0) is 36.4 Å². The molecule has 0 spiro atoms. The lowest BCUT2D eigenvalue weighted by Crippen LogP contribution is -2.28. The van der Waals surface area contributed by atoms with Crippen LogP contribution in [-0.4, -0.2) is 15.5 Å². The highest BCUT2D eigenvalue weighted by atomic mass is 79.9. The normalized spacial score (nSPS) is 10.6. The predicted molar refractivity (Wildman–Crippen MR) is 89.1 cm³/mol. The van der Waals surface area contributed by atoms with Crippen LogP contribution in [0.5, 0.6) is 0 Å². The van der Waals surface area contributed by atoms with E-state index in [1.54, 1.807) is 37.5 Å². The number of hydrogen-bond donors (Lipinski definition) is 1. The highest BCUT2D eigenvalue weighted by molar-refractivity contribution is 9.10. The molecule has 0 saturated carbocycles. The van der Waals surface area contributed by atoms with Gasteiger partial charge in [0.05, 0.1) is 0 Å². The number of nitrogens with one attached hydrogen (secondary N) is 1. The molecule has 0 radical (unpaired) electrons. The van der Waals surface area contributed by atoms with E-state index in [2.05, 4.69) is 26.2 Å². The summed E-state index contributed by atoms with van der Waals surface area (Å²) in [6.07, 6.45) is 1.61. The SMILES string of the molecule is Cn1c(=O)c(C(=O)Nc2cccc(Br)c2)cc2cccnc21. The molecule has 2 heterocycles. The fourth-order valence-corrected chi connectivity index (χ4v) is 2.62. The first-order chi connectivity index (χ1) is 10.6. The van der Waals surface area contributed by atoms with E-state index < -0.39 is 5.91 Å². The number of carbonyl (C=O) groups excluding carboxylic acids is 1. The molecule has 1 amide bonds. The molecule has 0 unspecified atom stereocenters. The van der Waals surface area contributed by atoms with Crippen molar-refractivity contribution in [3.05, 3.63) is 69.1 Å². The number of nitrogens with zero attached hydrogens (tertiary/aromatic N) is 2. The number of aryl methyl sites for hydroxylation is 1. The molecule has 0 aliphatic rings. The zero-order valence-corrected chi connectivity index (χ0v) is 13.3. The van der Waals surface area contributed by atoms with Gasteiger partial charge in [0.1, 0.15) is 11.2 Å². The predicted octanol–water partition coefficient (Wildman–Crippen LogP) is 2.95. The van der Waals surface area contributed by atoms with Crippen molar-refractivity contribution in [3.8, 4) is 0 Å². The molecule has 3 rings (SSSR count). The van der Waals surface area contributed by atoms with E-state index in [1.807, 2.05) is 18.2 Å². The minimum atomic E-state index is -0.440. The van der Waals surface area contributed by atoms with Crippen LogP contribution < -0.4 is 10.9 Å². The average Bonchev–Trinajstić information content (AvgIpc) is 2.51. The van der Waals surface area contributed by atoms with Gasteiger partial charge in [-0.25, -0.2) is 4.98 Å². The molecule has 110 valence electrons. The van der Waals surface area contributed by atoms with Crippen molar-refractivity contribution in [2.24, 2.45) is 7.05 Å². The summed E-state index contributed by atoms with van der Waals surface area (Å²) in [6.45, 7) is 0. The summed E-state index contributed by atoms with van der Waals surface area (Å²) >= 11 is 3.34. The molecular weight excluding hydrogens is 346 g/mol. The van der Waals surface area contributed by atoms with Crippen LogP contribution in [0.2, 0.25) is 0 Å². The Balaban J connectivity index is 2.04. The standard InChI is InChI=1S/C16H12BrN3O2/c1-20-14-10(4-3-7-18-14)8-13(16(20)22)15(21)19-12-6-2-5-11(17)9-12/h2-9H,1H3,(H,19,21). The van der Waals surface area contributed by atoms with Crippen LogP contribution in [0.4, 0.5) is 5.69 Å². The molecule has 6 heteroatoms.